The zero-order valence-corrected chi connectivity index (χ0v) is 35.6. The second-order valence-electron chi connectivity index (χ2n) is 15.8. The van der Waals surface area contributed by atoms with Gasteiger partial charge in [-0.2, -0.15) is 26.3 Å². The van der Waals surface area contributed by atoms with Gasteiger partial charge in [-0.3, -0.25) is 9.59 Å². The van der Waals surface area contributed by atoms with Crippen molar-refractivity contribution < 1.29 is 55.0 Å². The quantitative estimate of drug-likeness (QED) is 0.113. The van der Waals surface area contributed by atoms with Gasteiger partial charge in [0.15, 0.2) is 0 Å². The maximum Gasteiger partial charge on any atom is 0.409 e. The van der Waals surface area contributed by atoms with Gasteiger partial charge in [0.25, 0.3) is 0 Å². The van der Waals surface area contributed by atoms with Crippen LogP contribution < -0.4 is 0 Å². The van der Waals surface area contributed by atoms with Crippen LogP contribution in [0.4, 0.5) is 35.9 Å². The largest absolute Gasteiger partial charge is 0.450 e. The molecule has 0 aliphatic carbocycles. The zero-order valence-electron chi connectivity index (χ0n) is 35.6. The van der Waals surface area contributed by atoms with Crippen molar-refractivity contribution in [3.8, 4) is 33.6 Å². The molecule has 2 atom stereocenters. The molecule has 2 aliphatic rings. The number of halogens is 6. The fourth-order valence-corrected chi connectivity index (χ4v) is 7.80. The first kappa shape index (κ1) is 47.4. The summed E-state index contributed by atoms with van der Waals surface area (Å²) in [5.74, 6) is -1.76. The summed E-state index contributed by atoms with van der Waals surface area (Å²) in [5, 5.41) is 0. The molecule has 2 saturated heterocycles. The maximum atomic E-state index is 13.3. The van der Waals surface area contributed by atoms with E-state index in [4.69, 9.17) is 9.47 Å². The molecule has 20 heteroatoms. The van der Waals surface area contributed by atoms with E-state index in [-0.39, 0.29) is 115 Å². The molecule has 14 nitrogen and oxygen atoms in total. The lowest BCUT2D eigenvalue weighted by Gasteiger charge is -2.34. The molecular weight excluding hydrogens is 851 g/mol. The van der Waals surface area contributed by atoms with Crippen molar-refractivity contribution in [2.75, 3.05) is 65.6 Å². The monoisotopic (exact) mass is 902 g/mol. The summed E-state index contributed by atoms with van der Waals surface area (Å²) >= 11 is 0. The van der Waals surface area contributed by atoms with E-state index in [0.29, 0.717) is 11.4 Å². The smallest absolute Gasteiger partial charge is 0.409 e. The van der Waals surface area contributed by atoms with Crippen molar-refractivity contribution in [3.05, 3.63) is 72.6 Å². The predicted molar refractivity (Wildman–Crippen MR) is 223 cm³/mol. The van der Waals surface area contributed by atoms with Crippen LogP contribution in [0, 0.1) is 0 Å². The van der Waals surface area contributed by atoms with E-state index in [2.05, 4.69) is 19.9 Å². The van der Waals surface area contributed by atoms with Gasteiger partial charge < -0.3 is 39.0 Å². The third-order valence-electron chi connectivity index (χ3n) is 11.4. The first-order valence-electron chi connectivity index (χ1n) is 21.3. The number of nitrogens with zero attached hydrogens (tertiary/aromatic N) is 6. The summed E-state index contributed by atoms with van der Waals surface area (Å²) < 4.78 is 90.1. The zero-order chi connectivity index (χ0) is 46.0. The Kier molecular flexibility index (Phi) is 15.6. The Morgan fingerprint density at radius 2 is 0.859 bits per heavy atom. The Labute approximate surface area is 366 Å². The highest BCUT2D eigenvalue weighted by atomic mass is 19.4. The van der Waals surface area contributed by atoms with Gasteiger partial charge in [0, 0.05) is 89.9 Å². The summed E-state index contributed by atoms with van der Waals surface area (Å²) in [5.41, 5.74) is 4.27. The number of hydrogen-bond acceptors (Lipinski definition) is 8. The van der Waals surface area contributed by atoms with Crippen LogP contribution in [0.25, 0.3) is 33.6 Å². The predicted octanol–water partition coefficient (Wildman–Crippen LogP) is 8.37. The summed E-state index contributed by atoms with van der Waals surface area (Å²) in [6, 6.07) is 14.8. The molecule has 2 aromatic carbocycles. The molecule has 4 aromatic rings. The number of hydrogen-bond donors (Lipinski definition) is 2. The number of benzene rings is 2. The normalized spacial score (nSPS) is 15.8. The van der Waals surface area contributed by atoms with Crippen LogP contribution in [0.3, 0.4) is 0 Å². The fourth-order valence-electron chi connectivity index (χ4n) is 7.80. The average molecular weight is 903 g/mol. The van der Waals surface area contributed by atoms with Crippen LogP contribution in [-0.4, -0.2) is 141 Å². The number of piperazine rings is 2. The topological polar surface area (TPSA) is 157 Å². The molecule has 346 valence electrons. The van der Waals surface area contributed by atoms with E-state index >= 15 is 0 Å². The Morgan fingerprint density at radius 3 is 1.17 bits per heavy atom. The SMILES string of the molecule is CCOC(=O)N1CCN(C(=O)C[C@@H](CCC(F)(F)F)c2ncc(-c3ccc(-c4ccc(-c5cnc([C@H](CCC(F)(F)F)CC(=O)N6CCN(C(=O)OCC)CC6)[nH]5)cc4)cc3)[nH]2)CC1. The lowest BCUT2D eigenvalue weighted by atomic mass is 9.97. The molecule has 2 N–H and O–H groups in total. The Balaban J connectivity index is 1.08. The standard InChI is InChI=1S/C44H52F6N8O6/c1-3-63-41(61)57-21-17-55(18-22-57)37(59)25-33(13-15-43(45,46)47)39-51-27-35(53-39)31-9-5-29(6-10-31)30-7-11-32(12-8-30)36-28-52-40(54-36)34(14-16-44(48,49)50)26-38(60)56-19-23-58(24-20-56)42(62)64-4-2/h5-12,27-28,33-34H,3-4,13-26H2,1-2H3,(H,51,53)(H,52,54)/t33-,34-/m1/s1. The average Bonchev–Trinajstić information content (AvgIpc) is 3.98. The van der Waals surface area contributed by atoms with Crippen LogP contribution in [0.5, 0.6) is 0 Å². The summed E-state index contributed by atoms with van der Waals surface area (Å²) in [4.78, 5) is 71.8. The number of carbonyl (C=O) groups is 4. The molecule has 2 fully saturated rings. The molecule has 0 bridgehead atoms. The number of ether oxygens (including phenoxy) is 2. The van der Waals surface area contributed by atoms with E-state index in [9.17, 15) is 45.5 Å². The van der Waals surface area contributed by atoms with Gasteiger partial charge in [-0.05, 0) is 48.9 Å². The lowest BCUT2D eigenvalue weighted by Crippen LogP contribution is -2.51. The number of H-pyrrole nitrogens is 2. The molecule has 0 unspecified atom stereocenters. The van der Waals surface area contributed by atoms with E-state index in [0.717, 1.165) is 22.3 Å². The molecular formula is C44H52F6N8O6. The highest BCUT2D eigenvalue weighted by Gasteiger charge is 2.34. The Morgan fingerprint density at radius 1 is 0.547 bits per heavy atom. The summed E-state index contributed by atoms with van der Waals surface area (Å²) in [7, 11) is 0. The van der Waals surface area contributed by atoms with Gasteiger partial charge in [-0.25, -0.2) is 19.6 Å². The Bertz CT molecular complexity index is 2020. The van der Waals surface area contributed by atoms with E-state index in [1.165, 1.54) is 22.2 Å². The molecule has 2 aromatic heterocycles. The number of rotatable bonds is 15. The highest BCUT2D eigenvalue weighted by Crippen LogP contribution is 2.34. The molecule has 0 radical (unpaired) electrons. The minimum atomic E-state index is -4.42. The minimum absolute atomic E-state index is 0.186. The van der Waals surface area contributed by atoms with Crippen molar-refractivity contribution in [1.82, 2.24) is 39.5 Å². The number of aromatic amines is 2. The van der Waals surface area contributed by atoms with E-state index in [1.54, 1.807) is 23.6 Å². The van der Waals surface area contributed by atoms with Crippen LogP contribution in [0.1, 0.15) is 75.9 Å². The summed E-state index contributed by atoms with van der Waals surface area (Å²) in [6.07, 6.45) is -9.96. The number of carbonyl (C=O) groups excluding carboxylic acids is 4. The highest BCUT2D eigenvalue weighted by molar-refractivity contribution is 5.79. The first-order valence-corrected chi connectivity index (χ1v) is 21.3. The molecule has 64 heavy (non-hydrogen) atoms. The number of aromatic nitrogens is 4. The number of nitrogens with one attached hydrogen (secondary N) is 2. The number of alkyl halides is 6. The van der Waals surface area contributed by atoms with Gasteiger partial charge in [0.1, 0.15) is 11.6 Å². The van der Waals surface area contributed by atoms with E-state index < -0.39 is 49.2 Å². The van der Waals surface area contributed by atoms with Crippen LogP contribution in [-0.2, 0) is 19.1 Å². The van der Waals surface area contributed by atoms with Crippen molar-refractivity contribution >= 4 is 24.0 Å². The number of imidazole rings is 2. The lowest BCUT2D eigenvalue weighted by molar-refractivity contribution is -0.140. The van der Waals surface area contributed by atoms with Crippen LogP contribution in [0.15, 0.2) is 60.9 Å². The third kappa shape index (κ3) is 13.0. The third-order valence-corrected chi connectivity index (χ3v) is 11.4. The summed E-state index contributed by atoms with van der Waals surface area (Å²) in [6.45, 7) is 5.85. The minimum Gasteiger partial charge on any atom is -0.450 e. The molecule has 4 heterocycles. The van der Waals surface area contributed by atoms with Crippen molar-refractivity contribution in [2.24, 2.45) is 0 Å². The van der Waals surface area contributed by atoms with Crippen LogP contribution in [0.2, 0.25) is 0 Å². The van der Waals surface area contributed by atoms with Gasteiger partial charge in [0.2, 0.25) is 11.8 Å². The second-order valence-corrected chi connectivity index (χ2v) is 15.8. The second kappa shape index (κ2) is 21.1. The number of amides is 4. The molecule has 4 amide bonds. The molecule has 0 saturated carbocycles. The van der Waals surface area contributed by atoms with Crippen LogP contribution >= 0.6 is 0 Å². The molecule has 2 aliphatic heterocycles. The van der Waals surface area contributed by atoms with Gasteiger partial charge in [-0.15, -0.1) is 0 Å². The van der Waals surface area contributed by atoms with Crippen molar-refractivity contribution in [2.45, 2.75) is 76.6 Å². The van der Waals surface area contributed by atoms with Gasteiger partial charge >= 0.3 is 24.5 Å². The maximum absolute atomic E-state index is 13.3. The molecule has 0 spiro atoms. The van der Waals surface area contributed by atoms with E-state index in [1.807, 2.05) is 48.5 Å². The fraction of sp³-hybridized carbons (Fsp3) is 0.500. The van der Waals surface area contributed by atoms with Gasteiger partial charge in [-0.1, -0.05) is 48.5 Å². The Hall–Kier alpha value is -6.08. The van der Waals surface area contributed by atoms with Gasteiger partial charge in [0.05, 0.1) is 37.0 Å². The molecule has 6 rings (SSSR count). The van der Waals surface area contributed by atoms with Crippen molar-refractivity contribution in [3.63, 3.8) is 0 Å². The van der Waals surface area contributed by atoms with Crippen molar-refractivity contribution in [1.29, 1.82) is 0 Å². The first-order chi connectivity index (χ1) is 30.5.